The Labute approximate surface area is 107 Å². The fraction of sp³-hybridized carbons (Fsp3) is 0.500. The van der Waals surface area contributed by atoms with Gasteiger partial charge in [0.25, 0.3) is 0 Å². The first-order valence-electron chi connectivity index (χ1n) is 6.59. The highest BCUT2D eigenvalue weighted by Crippen LogP contribution is 2.30. The van der Waals surface area contributed by atoms with Crippen molar-refractivity contribution >= 4 is 11.6 Å². The van der Waals surface area contributed by atoms with E-state index in [1.807, 2.05) is 18.2 Å². The van der Waals surface area contributed by atoms with Gasteiger partial charge in [-0.3, -0.25) is 4.79 Å². The lowest BCUT2D eigenvalue weighted by atomic mass is 10.2. The van der Waals surface area contributed by atoms with E-state index in [1.54, 1.807) is 0 Å². The van der Waals surface area contributed by atoms with Gasteiger partial charge < -0.3 is 15.0 Å². The number of rotatable bonds is 4. The van der Waals surface area contributed by atoms with E-state index in [2.05, 4.69) is 16.3 Å². The topological polar surface area (TPSA) is 41.6 Å². The van der Waals surface area contributed by atoms with E-state index in [9.17, 15) is 4.79 Å². The second-order valence-corrected chi connectivity index (χ2v) is 4.87. The Bertz CT molecular complexity index is 443. The molecule has 1 aliphatic heterocycles. The lowest BCUT2D eigenvalue weighted by molar-refractivity contribution is -0.122. The average molecular weight is 246 g/mol. The second kappa shape index (κ2) is 4.88. The Hall–Kier alpha value is -1.71. The number of benzene rings is 1. The minimum absolute atomic E-state index is 0.219. The number of anilines is 1. The highest BCUT2D eigenvalue weighted by atomic mass is 16.5. The van der Waals surface area contributed by atoms with Crippen LogP contribution in [0.4, 0.5) is 5.69 Å². The van der Waals surface area contributed by atoms with Crippen molar-refractivity contribution in [2.75, 3.05) is 31.1 Å². The minimum atomic E-state index is 0.219. The number of carbonyl (C=O) groups excluding carboxylic acids is 1. The van der Waals surface area contributed by atoms with Crippen molar-refractivity contribution in [2.24, 2.45) is 5.92 Å². The predicted octanol–water partition coefficient (Wildman–Crippen LogP) is 1.41. The third kappa shape index (κ3) is 2.42. The van der Waals surface area contributed by atoms with Crippen LogP contribution in [0.15, 0.2) is 24.3 Å². The summed E-state index contributed by atoms with van der Waals surface area (Å²) in [4.78, 5) is 13.8. The third-order valence-electron chi connectivity index (χ3n) is 3.45. The molecule has 1 aliphatic carbocycles. The molecule has 18 heavy (non-hydrogen) atoms. The molecule has 0 aromatic heterocycles. The molecule has 0 unspecified atom stereocenters. The maximum atomic E-state index is 11.5. The lowest BCUT2D eigenvalue weighted by Crippen LogP contribution is -2.39. The van der Waals surface area contributed by atoms with Gasteiger partial charge in [0.1, 0.15) is 12.4 Å². The van der Waals surface area contributed by atoms with Crippen molar-refractivity contribution < 1.29 is 9.53 Å². The molecule has 4 nitrogen and oxygen atoms in total. The standard InChI is InChI=1S/C14H18N2O2/c17-14(11-5-6-11)15-7-8-16-9-10-18-13-4-2-1-3-12(13)16/h1-4,11H,5-10H2,(H,15,17). The molecule has 3 rings (SSSR count). The number of para-hydroxylation sites is 2. The largest absolute Gasteiger partial charge is 0.490 e. The summed E-state index contributed by atoms with van der Waals surface area (Å²) in [5, 5.41) is 3.00. The van der Waals surface area contributed by atoms with Crippen LogP contribution in [0.2, 0.25) is 0 Å². The highest BCUT2D eigenvalue weighted by Gasteiger charge is 2.29. The summed E-state index contributed by atoms with van der Waals surface area (Å²) >= 11 is 0. The van der Waals surface area contributed by atoms with Crippen LogP contribution < -0.4 is 15.0 Å². The summed E-state index contributed by atoms with van der Waals surface area (Å²) in [6, 6.07) is 8.06. The first-order valence-corrected chi connectivity index (χ1v) is 6.59. The number of fused-ring (bicyclic) bond motifs is 1. The third-order valence-corrected chi connectivity index (χ3v) is 3.45. The van der Waals surface area contributed by atoms with Gasteiger partial charge in [-0.15, -0.1) is 0 Å². The molecule has 0 atom stereocenters. The molecule has 0 spiro atoms. The summed E-state index contributed by atoms with van der Waals surface area (Å²) in [6.07, 6.45) is 2.12. The van der Waals surface area contributed by atoms with E-state index >= 15 is 0 Å². The normalized spacial score (nSPS) is 17.9. The monoisotopic (exact) mass is 246 g/mol. The van der Waals surface area contributed by atoms with E-state index in [1.165, 1.54) is 0 Å². The zero-order valence-corrected chi connectivity index (χ0v) is 10.4. The molecule has 0 bridgehead atoms. The molecular weight excluding hydrogens is 228 g/mol. The van der Waals surface area contributed by atoms with Gasteiger partial charge in [0, 0.05) is 19.0 Å². The maximum Gasteiger partial charge on any atom is 0.223 e. The molecule has 4 heteroatoms. The zero-order valence-electron chi connectivity index (χ0n) is 10.4. The number of nitrogens with zero attached hydrogens (tertiary/aromatic N) is 1. The summed E-state index contributed by atoms with van der Waals surface area (Å²) in [5.41, 5.74) is 1.13. The SMILES string of the molecule is O=C(NCCN1CCOc2ccccc21)C1CC1. The van der Waals surface area contributed by atoms with Crippen LogP contribution in [0.1, 0.15) is 12.8 Å². The van der Waals surface area contributed by atoms with Crippen molar-refractivity contribution in [3.63, 3.8) is 0 Å². The van der Waals surface area contributed by atoms with Crippen molar-refractivity contribution in [2.45, 2.75) is 12.8 Å². The van der Waals surface area contributed by atoms with E-state index in [0.717, 1.165) is 37.4 Å². The molecule has 1 amide bonds. The number of ether oxygens (including phenoxy) is 1. The molecule has 1 aromatic carbocycles. The van der Waals surface area contributed by atoms with Gasteiger partial charge in [-0.2, -0.15) is 0 Å². The summed E-state index contributed by atoms with van der Waals surface area (Å²) in [6.45, 7) is 3.16. The van der Waals surface area contributed by atoms with E-state index in [4.69, 9.17) is 4.74 Å². The van der Waals surface area contributed by atoms with Gasteiger partial charge in [-0.1, -0.05) is 12.1 Å². The van der Waals surface area contributed by atoms with E-state index < -0.39 is 0 Å². The Kier molecular flexibility index (Phi) is 3.09. The molecule has 0 radical (unpaired) electrons. The van der Waals surface area contributed by atoms with Gasteiger partial charge in [-0.05, 0) is 25.0 Å². The molecule has 1 fully saturated rings. The summed E-state index contributed by atoms with van der Waals surface area (Å²) in [7, 11) is 0. The van der Waals surface area contributed by atoms with Gasteiger partial charge in [-0.25, -0.2) is 0 Å². The Morgan fingerprint density at radius 2 is 2.22 bits per heavy atom. The number of carbonyl (C=O) groups is 1. The van der Waals surface area contributed by atoms with Crippen LogP contribution in [0, 0.1) is 5.92 Å². The fourth-order valence-corrected chi connectivity index (χ4v) is 2.26. The van der Waals surface area contributed by atoms with Gasteiger partial charge >= 0.3 is 0 Å². The van der Waals surface area contributed by atoms with Gasteiger partial charge in [0.2, 0.25) is 5.91 Å². The minimum Gasteiger partial charge on any atom is -0.490 e. The van der Waals surface area contributed by atoms with Crippen molar-refractivity contribution in [1.29, 1.82) is 0 Å². The molecule has 2 aliphatic rings. The fourth-order valence-electron chi connectivity index (χ4n) is 2.26. The van der Waals surface area contributed by atoms with E-state index in [-0.39, 0.29) is 5.91 Å². The molecule has 1 aromatic rings. The lowest BCUT2D eigenvalue weighted by Gasteiger charge is -2.31. The number of hydrogen-bond donors (Lipinski definition) is 1. The van der Waals surface area contributed by atoms with Crippen LogP contribution in [0.5, 0.6) is 5.75 Å². The molecule has 1 heterocycles. The Morgan fingerprint density at radius 1 is 1.39 bits per heavy atom. The van der Waals surface area contributed by atoms with Crippen LogP contribution >= 0.6 is 0 Å². The number of nitrogens with one attached hydrogen (secondary N) is 1. The molecule has 1 N–H and O–H groups in total. The first kappa shape index (κ1) is 11.4. The Balaban J connectivity index is 1.55. The van der Waals surface area contributed by atoms with Crippen molar-refractivity contribution in [1.82, 2.24) is 5.32 Å². The molecular formula is C14H18N2O2. The zero-order chi connectivity index (χ0) is 12.4. The summed E-state index contributed by atoms with van der Waals surface area (Å²) < 4.78 is 5.60. The predicted molar refractivity (Wildman–Crippen MR) is 69.9 cm³/mol. The highest BCUT2D eigenvalue weighted by molar-refractivity contribution is 5.80. The van der Waals surface area contributed by atoms with Crippen LogP contribution in [0.25, 0.3) is 0 Å². The first-order chi connectivity index (χ1) is 8.84. The van der Waals surface area contributed by atoms with Crippen LogP contribution in [-0.2, 0) is 4.79 Å². The second-order valence-electron chi connectivity index (χ2n) is 4.87. The number of amides is 1. The van der Waals surface area contributed by atoms with Gasteiger partial charge in [0.15, 0.2) is 0 Å². The molecule has 0 saturated heterocycles. The quantitative estimate of drug-likeness (QED) is 0.873. The maximum absolute atomic E-state index is 11.5. The molecule has 96 valence electrons. The smallest absolute Gasteiger partial charge is 0.223 e. The average Bonchev–Trinajstić information content (AvgIpc) is 3.23. The Morgan fingerprint density at radius 3 is 3.06 bits per heavy atom. The summed E-state index contributed by atoms with van der Waals surface area (Å²) in [5.74, 6) is 1.45. The van der Waals surface area contributed by atoms with Crippen molar-refractivity contribution in [3.05, 3.63) is 24.3 Å². The number of hydrogen-bond acceptors (Lipinski definition) is 3. The van der Waals surface area contributed by atoms with E-state index in [0.29, 0.717) is 19.1 Å². The van der Waals surface area contributed by atoms with Crippen molar-refractivity contribution in [3.8, 4) is 5.75 Å². The van der Waals surface area contributed by atoms with Gasteiger partial charge in [0.05, 0.1) is 12.2 Å². The van der Waals surface area contributed by atoms with Crippen LogP contribution in [-0.4, -0.2) is 32.1 Å². The molecule has 1 saturated carbocycles. The van der Waals surface area contributed by atoms with Crippen LogP contribution in [0.3, 0.4) is 0 Å².